The molecule has 1 fully saturated rings. The van der Waals surface area contributed by atoms with Gasteiger partial charge in [0, 0.05) is 0 Å². The highest BCUT2D eigenvalue weighted by Gasteiger charge is 2.49. The van der Waals surface area contributed by atoms with Crippen molar-refractivity contribution < 1.29 is 14.0 Å². The van der Waals surface area contributed by atoms with Gasteiger partial charge in [0.1, 0.15) is 17.0 Å². The van der Waals surface area contributed by atoms with Crippen LogP contribution in [0.1, 0.15) is 41.5 Å². The number of carbonyl (C=O) groups excluding carboxylic acids is 2. The minimum atomic E-state index is -1.07. The van der Waals surface area contributed by atoms with Crippen molar-refractivity contribution in [1.82, 2.24) is 15.2 Å². The summed E-state index contributed by atoms with van der Waals surface area (Å²) in [5.41, 5.74) is 2.97. The first-order chi connectivity index (χ1) is 14.0. The van der Waals surface area contributed by atoms with E-state index in [1.807, 2.05) is 23.6 Å². The number of fused-ring (bicyclic) bond motifs is 1. The van der Waals surface area contributed by atoms with E-state index in [-0.39, 0.29) is 12.5 Å². The van der Waals surface area contributed by atoms with Crippen molar-refractivity contribution in [2.45, 2.75) is 45.2 Å². The summed E-state index contributed by atoms with van der Waals surface area (Å²) in [6.45, 7) is 3.67. The molecule has 1 N–H and O–H groups in total. The average molecular weight is 407 g/mol. The van der Waals surface area contributed by atoms with Gasteiger partial charge in [-0.3, -0.25) is 9.69 Å². The number of carbonyl (C=O) groups is 2. The van der Waals surface area contributed by atoms with Crippen molar-refractivity contribution in [1.29, 1.82) is 0 Å². The molecular weight excluding hydrogens is 386 g/mol. The van der Waals surface area contributed by atoms with Crippen molar-refractivity contribution in [3.05, 3.63) is 63.9 Å². The van der Waals surface area contributed by atoms with E-state index >= 15 is 0 Å². The van der Waals surface area contributed by atoms with Crippen molar-refractivity contribution in [2.24, 2.45) is 0 Å². The lowest BCUT2D eigenvalue weighted by Gasteiger charge is -2.23. The van der Waals surface area contributed by atoms with Gasteiger partial charge in [0.25, 0.3) is 5.91 Å². The Bertz CT molecular complexity index is 1120. The van der Waals surface area contributed by atoms with E-state index in [2.05, 4.69) is 22.4 Å². The monoisotopic (exact) mass is 407 g/mol. The van der Waals surface area contributed by atoms with Crippen LogP contribution in [0.2, 0.25) is 0 Å². The molecule has 0 saturated carbocycles. The van der Waals surface area contributed by atoms with Gasteiger partial charge in [-0.1, -0.05) is 24.3 Å². The Hall–Kier alpha value is -2.93. The van der Waals surface area contributed by atoms with Gasteiger partial charge in [-0.15, -0.1) is 11.3 Å². The molecule has 2 aliphatic rings. The molecule has 1 aromatic carbocycles. The summed E-state index contributed by atoms with van der Waals surface area (Å²) in [7, 11) is 0. The lowest BCUT2D eigenvalue weighted by molar-refractivity contribution is -0.131. The number of nitrogens with zero attached hydrogens (tertiary/aromatic N) is 2. The number of rotatable bonds is 4. The zero-order chi connectivity index (χ0) is 20.2. The van der Waals surface area contributed by atoms with Crippen LogP contribution in [0.15, 0.2) is 40.1 Å². The number of thiophene rings is 1. The van der Waals surface area contributed by atoms with E-state index < -0.39 is 11.6 Å². The number of nitrogens with one attached hydrogen (secondary N) is 1. The molecule has 3 heterocycles. The van der Waals surface area contributed by atoms with E-state index in [0.29, 0.717) is 17.3 Å². The van der Waals surface area contributed by atoms with Crippen molar-refractivity contribution in [2.75, 3.05) is 0 Å². The predicted octanol–water partition coefficient (Wildman–Crippen LogP) is 4.17. The summed E-state index contributed by atoms with van der Waals surface area (Å²) in [5.74, 6) is 0.863. The number of aromatic nitrogens is 1. The summed E-state index contributed by atoms with van der Waals surface area (Å²) in [6.07, 6.45) is 3.24. The molecule has 5 rings (SSSR count). The molecule has 29 heavy (non-hydrogen) atoms. The minimum Gasteiger partial charge on any atom is -0.440 e. The number of hydrogen-bond acceptors (Lipinski definition) is 5. The van der Waals surface area contributed by atoms with Gasteiger partial charge >= 0.3 is 6.03 Å². The van der Waals surface area contributed by atoms with E-state index in [0.717, 1.165) is 29.7 Å². The van der Waals surface area contributed by atoms with Crippen LogP contribution in [0.25, 0.3) is 10.8 Å². The fourth-order valence-electron chi connectivity index (χ4n) is 4.15. The number of imide groups is 1. The number of benzene rings is 1. The molecular formula is C22H21N3O3S. The Morgan fingerprint density at radius 1 is 1.24 bits per heavy atom. The summed E-state index contributed by atoms with van der Waals surface area (Å²) >= 11 is 1.53. The van der Waals surface area contributed by atoms with Crippen LogP contribution < -0.4 is 5.32 Å². The molecule has 1 aliphatic carbocycles. The highest BCUT2D eigenvalue weighted by Crippen LogP contribution is 2.34. The Kier molecular flexibility index (Phi) is 4.10. The van der Waals surface area contributed by atoms with Gasteiger partial charge < -0.3 is 9.73 Å². The van der Waals surface area contributed by atoms with Crippen LogP contribution >= 0.6 is 11.3 Å². The molecule has 6 nitrogen and oxygen atoms in total. The zero-order valence-corrected chi connectivity index (χ0v) is 17.1. The predicted molar refractivity (Wildman–Crippen MR) is 109 cm³/mol. The molecule has 3 aromatic rings. The number of urea groups is 1. The fourth-order valence-corrected chi connectivity index (χ4v) is 4.80. The quantitative estimate of drug-likeness (QED) is 0.659. The first kappa shape index (κ1) is 18.1. The van der Waals surface area contributed by atoms with Crippen LogP contribution in [0.4, 0.5) is 4.79 Å². The lowest BCUT2D eigenvalue weighted by Crippen LogP contribution is -2.41. The van der Waals surface area contributed by atoms with E-state index in [1.165, 1.54) is 27.4 Å². The van der Waals surface area contributed by atoms with Crippen LogP contribution in [-0.4, -0.2) is 21.8 Å². The second kappa shape index (κ2) is 6.56. The van der Waals surface area contributed by atoms with Crippen molar-refractivity contribution >= 4 is 23.3 Å². The fraction of sp³-hybridized carbons (Fsp3) is 0.318. The molecule has 1 atom stereocenters. The molecule has 2 aromatic heterocycles. The Morgan fingerprint density at radius 2 is 2.07 bits per heavy atom. The average Bonchev–Trinajstić information content (AvgIpc) is 3.47. The summed E-state index contributed by atoms with van der Waals surface area (Å²) in [6, 6.07) is 9.57. The van der Waals surface area contributed by atoms with Gasteiger partial charge in [-0.2, -0.15) is 0 Å². The van der Waals surface area contributed by atoms with Crippen LogP contribution in [0.5, 0.6) is 0 Å². The Labute approximate surface area is 172 Å². The molecule has 0 bridgehead atoms. The summed E-state index contributed by atoms with van der Waals surface area (Å²) in [4.78, 5) is 32.6. The van der Waals surface area contributed by atoms with Gasteiger partial charge in [-0.25, -0.2) is 9.78 Å². The van der Waals surface area contributed by atoms with Crippen LogP contribution in [0, 0.1) is 6.92 Å². The molecule has 148 valence electrons. The molecule has 1 aliphatic heterocycles. The third kappa shape index (κ3) is 2.88. The Morgan fingerprint density at radius 3 is 2.86 bits per heavy atom. The molecule has 0 radical (unpaired) electrons. The summed E-state index contributed by atoms with van der Waals surface area (Å²) < 4.78 is 5.76. The molecule has 1 saturated heterocycles. The SMILES string of the molecule is Cc1oc(-c2cccs2)nc1CN1C(=O)NC(C)(c2ccc3c(c2)CCC3)C1=O. The normalized spacial score (nSPS) is 21.0. The number of oxazole rings is 1. The van der Waals surface area contributed by atoms with Gasteiger partial charge in [0.2, 0.25) is 5.89 Å². The Balaban J connectivity index is 1.43. The first-order valence-corrected chi connectivity index (χ1v) is 10.6. The van der Waals surface area contributed by atoms with E-state index in [9.17, 15) is 9.59 Å². The maximum Gasteiger partial charge on any atom is 0.325 e. The number of amides is 3. The number of aryl methyl sites for hydroxylation is 3. The van der Waals surface area contributed by atoms with Gasteiger partial charge in [-0.05, 0) is 61.2 Å². The van der Waals surface area contributed by atoms with Crippen molar-refractivity contribution in [3.8, 4) is 10.8 Å². The molecule has 3 amide bonds. The number of hydrogen-bond donors (Lipinski definition) is 1. The largest absolute Gasteiger partial charge is 0.440 e. The first-order valence-electron chi connectivity index (χ1n) is 9.72. The van der Waals surface area contributed by atoms with Crippen LogP contribution in [0.3, 0.4) is 0 Å². The minimum absolute atomic E-state index is 0.0892. The lowest BCUT2D eigenvalue weighted by atomic mass is 9.89. The van der Waals surface area contributed by atoms with Gasteiger partial charge in [0.05, 0.1) is 11.4 Å². The second-order valence-corrected chi connectivity index (χ2v) is 8.73. The molecule has 0 spiro atoms. The molecule has 1 unspecified atom stereocenters. The van der Waals surface area contributed by atoms with E-state index in [1.54, 1.807) is 13.8 Å². The highest BCUT2D eigenvalue weighted by atomic mass is 32.1. The van der Waals surface area contributed by atoms with Gasteiger partial charge in [0.15, 0.2) is 0 Å². The maximum absolute atomic E-state index is 13.3. The highest BCUT2D eigenvalue weighted by molar-refractivity contribution is 7.13. The zero-order valence-electron chi connectivity index (χ0n) is 16.3. The van der Waals surface area contributed by atoms with E-state index in [4.69, 9.17) is 4.42 Å². The smallest absolute Gasteiger partial charge is 0.325 e. The molecule has 7 heteroatoms. The maximum atomic E-state index is 13.3. The second-order valence-electron chi connectivity index (χ2n) is 7.78. The standard InChI is InChI=1S/C22H21N3O3S/c1-13-17(23-19(28-13)18-7-4-10-29-18)12-25-20(26)22(2,24-21(25)27)16-9-8-14-5-3-6-15(14)11-16/h4,7-11H,3,5-6,12H2,1-2H3,(H,24,27). The van der Waals surface area contributed by atoms with Crippen molar-refractivity contribution in [3.63, 3.8) is 0 Å². The van der Waals surface area contributed by atoms with Crippen LogP contribution in [-0.2, 0) is 29.7 Å². The third-order valence-electron chi connectivity index (χ3n) is 5.88. The topological polar surface area (TPSA) is 75.4 Å². The third-order valence-corrected chi connectivity index (χ3v) is 6.74. The summed E-state index contributed by atoms with van der Waals surface area (Å²) in [5, 5.41) is 4.85.